The Hall–Kier alpha value is -2.22. The number of urea groups is 1. The van der Waals surface area contributed by atoms with Gasteiger partial charge in [0.1, 0.15) is 0 Å². The Morgan fingerprint density at radius 2 is 1.96 bits per heavy atom. The van der Waals surface area contributed by atoms with Crippen LogP contribution in [-0.4, -0.2) is 46.1 Å². The minimum Gasteiger partial charge on any atom is -0.478 e. The van der Waals surface area contributed by atoms with Crippen LogP contribution in [-0.2, 0) is 4.79 Å². The first kappa shape index (κ1) is 17.6. The summed E-state index contributed by atoms with van der Waals surface area (Å²) in [4.78, 5) is 34.1. The van der Waals surface area contributed by atoms with Crippen LogP contribution in [0.25, 0.3) is 0 Å². The number of fused-ring (bicyclic) bond motifs is 1. The summed E-state index contributed by atoms with van der Waals surface area (Å²) < 4.78 is 0. The number of nitrogens with one attached hydrogen (secondary N) is 3. The average molecular weight is 363 g/mol. The first-order valence-electron chi connectivity index (χ1n) is 8.35. The van der Waals surface area contributed by atoms with Crippen molar-refractivity contribution in [2.24, 2.45) is 0 Å². The van der Waals surface area contributed by atoms with Gasteiger partial charge in [-0.15, -0.1) is 0 Å². The van der Waals surface area contributed by atoms with Gasteiger partial charge in [-0.25, -0.2) is 9.59 Å². The number of hydrogen-bond donors (Lipinski definition) is 4. The van der Waals surface area contributed by atoms with E-state index in [2.05, 4.69) is 16.0 Å². The number of rotatable bonds is 7. The predicted octanol–water partition coefficient (Wildman–Crippen LogP) is 2.05. The molecule has 0 aliphatic carbocycles. The molecule has 4 N–H and O–H groups in total. The first-order valence-corrected chi connectivity index (χ1v) is 9.39. The van der Waals surface area contributed by atoms with Crippen LogP contribution < -0.4 is 16.0 Å². The van der Waals surface area contributed by atoms with Gasteiger partial charge in [0.25, 0.3) is 0 Å². The van der Waals surface area contributed by atoms with Gasteiger partial charge in [-0.3, -0.25) is 4.79 Å². The summed E-state index contributed by atoms with van der Waals surface area (Å²) in [6, 6.07) is 6.48. The topological polar surface area (TPSA) is 108 Å². The van der Waals surface area contributed by atoms with Gasteiger partial charge in [0.05, 0.1) is 17.6 Å². The van der Waals surface area contributed by atoms with Crippen molar-refractivity contribution in [2.75, 3.05) is 11.1 Å². The van der Waals surface area contributed by atoms with Crippen molar-refractivity contribution < 1.29 is 19.5 Å². The molecule has 1 aromatic rings. The smallest absolute Gasteiger partial charge is 0.335 e. The fraction of sp³-hybridized carbons (Fsp3) is 0.471. The van der Waals surface area contributed by atoms with Gasteiger partial charge < -0.3 is 21.1 Å². The monoisotopic (exact) mass is 363 g/mol. The van der Waals surface area contributed by atoms with E-state index in [0.717, 1.165) is 25.0 Å². The quantitative estimate of drug-likeness (QED) is 0.438. The summed E-state index contributed by atoms with van der Waals surface area (Å²) in [5, 5.41) is 17.9. The number of carboxylic acids is 1. The minimum absolute atomic E-state index is 0.0733. The molecule has 2 heterocycles. The van der Waals surface area contributed by atoms with Gasteiger partial charge in [0, 0.05) is 23.1 Å². The van der Waals surface area contributed by atoms with Crippen molar-refractivity contribution in [3.05, 3.63) is 29.8 Å². The molecule has 2 fully saturated rings. The van der Waals surface area contributed by atoms with Crippen molar-refractivity contribution in [2.45, 2.75) is 43.0 Å². The molecule has 0 radical (unpaired) electrons. The van der Waals surface area contributed by atoms with Crippen LogP contribution in [0.15, 0.2) is 24.3 Å². The average Bonchev–Trinajstić information content (AvgIpc) is 3.11. The molecule has 2 saturated heterocycles. The zero-order chi connectivity index (χ0) is 17.8. The third kappa shape index (κ3) is 4.45. The number of anilines is 1. The zero-order valence-corrected chi connectivity index (χ0v) is 14.5. The van der Waals surface area contributed by atoms with Crippen LogP contribution >= 0.6 is 11.8 Å². The van der Waals surface area contributed by atoms with Gasteiger partial charge >= 0.3 is 12.0 Å². The van der Waals surface area contributed by atoms with Crippen molar-refractivity contribution in [3.8, 4) is 0 Å². The summed E-state index contributed by atoms with van der Waals surface area (Å²) in [6.45, 7) is 0. The summed E-state index contributed by atoms with van der Waals surface area (Å²) in [5.41, 5.74) is 0.794. The first-order chi connectivity index (χ1) is 12.0. The lowest BCUT2D eigenvalue weighted by molar-refractivity contribution is -0.116. The molecule has 0 spiro atoms. The second-order valence-corrected chi connectivity index (χ2v) is 7.57. The maximum Gasteiger partial charge on any atom is 0.335 e. The van der Waals surface area contributed by atoms with Gasteiger partial charge in [-0.1, -0.05) is 6.42 Å². The summed E-state index contributed by atoms with van der Waals surface area (Å²) >= 11 is 1.88. The van der Waals surface area contributed by atoms with Crippen LogP contribution in [0.5, 0.6) is 0 Å². The minimum atomic E-state index is -0.987. The van der Waals surface area contributed by atoms with E-state index in [9.17, 15) is 14.4 Å². The molecule has 0 bridgehead atoms. The lowest BCUT2D eigenvalue weighted by Crippen LogP contribution is -2.36. The number of carbonyl (C=O) groups is 3. The predicted molar refractivity (Wildman–Crippen MR) is 96.0 cm³/mol. The SMILES string of the molecule is O=C(CCCC[C@@H]1SC[C@@H]2NC(=O)N[C@@H]21)Nc1ccc(C(=O)O)cc1. The highest BCUT2D eigenvalue weighted by atomic mass is 32.2. The molecule has 134 valence electrons. The molecule has 0 aromatic heterocycles. The largest absolute Gasteiger partial charge is 0.478 e. The molecule has 0 unspecified atom stereocenters. The maximum atomic E-state index is 12.0. The zero-order valence-electron chi connectivity index (χ0n) is 13.7. The Kier molecular flexibility index (Phi) is 5.47. The fourth-order valence-corrected chi connectivity index (χ4v) is 4.74. The Bertz CT molecular complexity index is 664. The number of amides is 3. The Morgan fingerprint density at radius 3 is 2.68 bits per heavy atom. The summed E-state index contributed by atoms with van der Waals surface area (Å²) in [7, 11) is 0. The van der Waals surface area contributed by atoms with Gasteiger partial charge in [-0.05, 0) is 37.1 Å². The molecule has 8 heteroatoms. The molecular formula is C17H21N3O4S. The maximum absolute atomic E-state index is 12.0. The van der Waals surface area contributed by atoms with E-state index in [4.69, 9.17) is 5.11 Å². The van der Waals surface area contributed by atoms with Crippen molar-refractivity contribution in [1.29, 1.82) is 0 Å². The highest BCUT2D eigenvalue weighted by molar-refractivity contribution is 8.00. The standard InChI is InChI=1S/C17H21N3O4S/c21-14(18-11-7-5-10(6-8-11)16(22)23)4-2-1-3-13-15-12(9-25-13)19-17(24)20-15/h5-8,12-13,15H,1-4,9H2,(H,18,21)(H,22,23)(H2,19,20,24)/t12-,13-,15-/m0/s1. The number of unbranched alkanes of at least 4 members (excludes halogenated alkanes) is 1. The van der Waals surface area contributed by atoms with E-state index in [0.29, 0.717) is 17.4 Å². The molecule has 3 rings (SSSR count). The molecular weight excluding hydrogens is 342 g/mol. The van der Waals surface area contributed by atoms with E-state index in [1.807, 2.05) is 11.8 Å². The number of aromatic carboxylic acids is 1. The van der Waals surface area contributed by atoms with Gasteiger partial charge in [0.15, 0.2) is 0 Å². The second-order valence-electron chi connectivity index (χ2n) is 6.30. The van der Waals surface area contributed by atoms with E-state index in [1.54, 1.807) is 12.1 Å². The molecule has 0 saturated carbocycles. The molecule has 3 amide bonds. The molecule has 25 heavy (non-hydrogen) atoms. The Morgan fingerprint density at radius 1 is 1.20 bits per heavy atom. The van der Waals surface area contributed by atoms with Crippen LogP contribution in [0.2, 0.25) is 0 Å². The van der Waals surface area contributed by atoms with E-state index in [-0.39, 0.29) is 29.6 Å². The van der Waals surface area contributed by atoms with Crippen molar-refractivity contribution in [1.82, 2.24) is 10.6 Å². The van der Waals surface area contributed by atoms with Crippen LogP contribution in [0.4, 0.5) is 10.5 Å². The molecule has 7 nitrogen and oxygen atoms in total. The van der Waals surface area contributed by atoms with Crippen molar-refractivity contribution >= 4 is 35.4 Å². The normalized spacial score (nSPS) is 24.3. The molecule has 2 aliphatic heterocycles. The third-order valence-corrected chi connectivity index (χ3v) is 6.00. The molecule has 3 atom stereocenters. The molecule has 1 aromatic carbocycles. The van der Waals surface area contributed by atoms with Crippen LogP contribution in [0, 0.1) is 0 Å². The Balaban J connectivity index is 1.35. The van der Waals surface area contributed by atoms with E-state index in [1.165, 1.54) is 12.1 Å². The second kappa shape index (κ2) is 7.77. The third-order valence-electron chi connectivity index (χ3n) is 4.50. The van der Waals surface area contributed by atoms with Gasteiger partial charge in [0.2, 0.25) is 5.91 Å². The number of hydrogen-bond acceptors (Lipinski definition) is 4. The number of carboxylic acid groups (broad SMARTS) is 1. The molecule has 2 aliphatic rings. The summed E-state index contributed by atoms with van der Waals surface area (Å²) in [6.07, 6.45) is 3.13. The number of benzene rings is 1. The highest BCUT2D eigenvalue weighted by Gasteiger charge is 2.42. The van der Waals surface area contributed by atoms with E-state index < -0.39 is 5.97 Å². The van der Waals surface area contributed by atoms with Crippen LogP contribution in [0.3, 0.4) is 0 Å². The highest BCUT2D eigenvalue weighted by Crippen LogP contribution is 2.33. The van der Waals surface area contributed by atoms with E-state index >= 15 is 0 Å². The van der Waals surface area contributed by atoms with Gasteiger partial charge in [-0.2, -0.15) is 11.8 Å². The summed E-state index contributed by atoms with van der Waals surface area (Å²) in [5.74, 6) is -0.115. The number of carbonyl (C=O) groups excluding carboxylic acids is 2. The Labute approximate surface area is 149 Å². The number of thioether (sulfide) groups is 1. The van der Waals surface area contributed by atoms with Crippen LogP contribution in [0.1, 0.15) is 36.0 Å². The lowest BCUT2D eigenvalue weighted by atomic mass is 10.0. The van der Waals surface area contributed by atoms with Crippen molar-refractivity contribution in [3.63, 3.8) is 0 Å². The lowest BCUT2D eigenvalue weighted by Gasteiger charge is -2.16. The fourth-order valence-electron chi connectivity index (χ4n) is 3.19.